The maximum atomic E-state index is 12.6. The highest BCUT2D eigenvalue weighted by molar-refractivity contribution is 5.78. The van der Waals surface area contributed by atoms with E-state index in [1.807, 2.05) is 27.8 Å². The topological polar surface area (TPSA) is 69.2 Å². The maximum absolute atomic E-state index is 12.6. The number of carbonyl (C=O) groups is 1. The molecule has 2 N–H and O–H groups in total. The summed E-state index contributed by atoms with van der Waals surface area (Å²) in [4.78, 5) is 14.4. The molecule has 22 heavy (non-hydrogen) atoms. The fourth-order valence-electron chi connectivity index (χ4n) is 3.49. The van der Waals surface area contributed by atoms with Crippen LogP contribution in [-0.4, -0.2) is 45.8 Å². The first kappa shape index (κ1) is 17.0. The van der Waals surface area contributed by atoms with Crippen LogP contribution in [0.15, 0.2) is 0 Å². The van der Waals surface area contributed by atoms with E-state index in [0.29, 0.717) is 13.0 Å². The Morgan fingerprint density at radius 3 is 2.68 bits per heavy atom. The van der Waals surface area contributed by atoms with E-state index in [9.17, 15) is 9.90 Å². The molecule has 5 nitrogen and oxygen atoms in total. The largest absolute Gasteiger partial charge is 0.393 e. The van der Waals surface area contributed by atoms with Gasteiger partial charge in [0.2, 0.25) is 5.91 Å². The smallest absolute Gasteiger partial charge is 0.225 e. The molecule has 1 aliphatic rings. The Kier molecular flexibility index (Phi) is 5.62. The second kappa shape index (κ2) is 7.27. The van der Waals surface area contributed by atoms with Crippen LogP contribution in [0.25, 0.3) is 0 Å². The van der Waals surface area contributed by atoms with E-state index in [1.54, 1.807) is 4.90 Å². The van der Waals surface area contributed by atoms with Crippen LogP contribution in [0.3, 0.4) is 0 Å². The quantitative estimate of drug-likeness (QED) is 0.876. The minimum Gasteiger partial charge on any atom is -0.393 e. The first-order chi connectivity index (χ1) is 10.4. The van der Waals surface area contributed by atoms with E-state index in [4.69, 9.17) is 0 Å². The van der Waals surface area contributed by atoms with Crippen LogP contribution in [0, 0.1) is 25.7 Å². The molecule has 0 saturated heterocycles. The van der Waals surface area contributed by atoms with Crippen molar-refractivity contribution >= 4 is 5.91 Å². The molecule has 3 unspecified atom stereocenters. The van der Waals surface area contributed by atoms with E-state index in [2.05, 4.69) is 10.2 Å². The van der Waals surface area contributed by atoms with Gasteiger partial charge < -0.3 is 10.0 Å². The summed E-state index contributed by atoms with van der Waals surface area (Å²) in [6.07, 6.45) is 4.61. The van der Waals surface area contributed by atoms with Gasteiger partial charge in [0.25, 0.3) is 0 Å². The van der Waals surface area contributed by atoms with E-state index < -0.39 is 0 Å². The lowest BCUT2D eigenvalue weighted by Crippen LogP contribution is -2.40. The Morgan fingerprint density at radius 1 is 1.41 bits per heavy atom. The molecule has 124 valence electrons. The van der Waals surface area contributed by atoms with Crippen LogP contribution in [0.5, 0.6) is 0 Å². The zero-order chi connectivity index (χ0) is 16.3. The molecule has 0 spiro atoms. The summed E-state index contributed by atoms with van der Waals surface area (Å²) in [5, 5.41) is 17.2. The predicted octanol–water partition coefficient (Wildman–Crippen LogP) is 2.21. The average molecular weight is 307 g/mol. The fourth-order valence-corrected chi connectivity index (χ4v) is 3.49. The Bertz CT molecular complexity index is 493. The van der Waals surface area contributed by atoms with Crippen molar-refractivity contribution in [2.45, 2.75) is 59.0 Å². The molecular formula is C17H29N3O2. The normalized spacial score (nSPS) is 23.3. The lowest BCUT2D eigenvalue weighted by atomic mass is 9.86. The molecule has 3 atom stereocenters. The molecule has 1 aromatic heterocycles. The van der Waals surface area contributed by atoms with Crippen LogP contribution in [0.1, 0.15) is 49.6 Å². The Morgan fingerprint density at radius 2 is 2.09 bits per heavy atom. The number of aliphatic hydroxyl groups excluding tert-OH is 1. The molecule has 1 saturated carbocycles. The number of rotatable bonds is 5. The summed E-state index contributed by atoms with van der Waals surface area (Å²) < 4.78 is 0. The molecule has 5 heteroatoms. The van der Waals surface area contributed by atoms with Gasteiger partial charge in [-0.25, -0.2) is 0 Å². The number of H-pyrrole nitrogens is 1. The minimum absolute atomic E-state index is 0.0688. The van der Waals surface area contributed by atoms with Crippen molar-refractivity contribution in [1.29, 1.82) is 0 Å². The monoisotopic (exact) mass is 307 g/mol. The van der Waals surface area contributed by atoms with Crippen LogP contribution < -0.4 is 0 Å². The number of aryl methyl sites for hydroxylation is 2. The minimum atomic E-state index is -0.252. The Balaban J connectivity index is 1.92. The van der Waals surface area contributed by atoms with Gasteiger partial charge >= 0.3 is 0 Å². The van der Waals surface area contributed by atoms with Crippen molar-refractivity contribution in [3.8, 4) is 0 Å². The third kappa shape index (κ3) is 3.88. The van der Waals surface area contributed by atoms with Gasteiger partial charge in [-0.2, -0.15) is 5.10 Å². The van der Waals surface area contributed by atoms with Gasteiger partial charge in [0.05, 0.1) is 11.8 Å². The number of amides is 1. The highest BCUT2D eigenvalue weighted by Crippen LogP contribution is 2.25. The molecule has 1 amide bonds. The van der Waals surface area contributed by atoms with Gasteiger partial charge in [-0.1, -0.05) is 19.8 Å². The van der Waals surface area contributed by atoms with Gasteiger partial charge in [-0.3, -0.25) is 9.89 Å². The summed E-state index contributed by atoms with van der Waals surface area (Å²) in [5.74, 6) is 0.311. The number of aromatic nitrogens is 2. The van der Waals surface area contributed by atoms with Gasteiger partial charge in [-0.15, -0.1) is 0 Å². The maximum Gasteiger partial charge on any atom is 0.225 e. The average Bonchev–Trinajstić information content (AvgIpc) is 2.80. The number of hydrogen-bond acceptors (Lipinski definition) is 3. The lowest BCUT2D eigenvalue weighted by Gasteiger charge is -2.32. The van der Waals surface area contributed by atoms with Crippen LogP contribution >= 0.6 is 0 Å². The second-order valence-electron chi connectivity index (χ2n) is 6.85. The van der Waals surface area contributed by atoms with Gasteiger partial charge in [0.1, 0.15) is 0 Å². The standard InChI is InChI=1S/C17H29N3O2/c1-11(9-15-12(2)18-19-13(15)3)17(22)20(4)10-14-7-5-6-8-16(14)21/h11,14,16,21H,5-10H2,1-4H3,(H,18,19). The third-order valence-corrected chi connectivity index (χ3v) is 4.97. The van der Waals surface area contributed by atoms with Gasteiger partial charge in [-0.05, 0) is 38.7 Å². The molecule has 0 radical (unpaired) electrons. The number of nitrogens with zero attached hydrogens (tertiary/aromatic N) is 2. The number of aromatic amines is 1. The van der Waals surface area contributed by atoms with E-state index in [0.717, 1.165) is 42.6 Å². The van der Waals surface area contributed by atoms with Crippen LogP contribution in [0.4, 0.5) is 0 Å². The first-order valence-electron chi connectivity index (χ1n) is 8.33. The zero-order valence-corrected chi connectivity index (χ0v) is 14.2. The second-order valence-corrected chi connectivity index (χ2v) is 6.85. The van der Waals surface area contributed by atoms with Gasteiger partial charge in [0, 0.05) is 31.1 Å². The lowest BCUT2D eigenvalue weighted by molar-refractivity contribution is -0.134. The Hall–Kier alpha value is -1.36. The Labute approximate surface area is 133 Å². The third-order valence-electron chi connectivity index (χ3n) is 4.97. The van der Waals surface area contributed by atoms with Crippen molar-refractivity contribution in [2.75, 3.05) is 13.6 Å². The van der Waals surface area contributed by atoms with Crippen molar-refractivity contribution in [2.24, 2.45) is 11.8 Å². The summed E-state index contributed by atoms with van der Waals surface area (Å²) in [5.41, 5.74) is 3.16. The zero-order valence-electron chi connectivity index (χ0n) is 14.2. The highest BCUT2D eigenvalue weighted by atomic mass is 16.3. The summed E-state index contributed by atoms with van der Waals surface area (Å²) in [6.45, 7) is 6.60. The molecule has 1 aliphatic carbocycles. The van der Waals surface area contributed by atoms with Crippen molar-refractivity contribution in [3.63, 3.8) is 0 Å². The number of aliphatic hydroxyl groups is 1. The van der Waals surface area contributed by atoms with Crippen molar-refractivity contribution in [3.05, 3.63) is 17.0 Å². The fraction of sp³-hybridized carbons (Fsp3) is 0.765. The first-order valence-corrected chi connectivity index (χ1v) is 8.33. The summed E-state index contributed by atoms with van der Waals surface area (Å²) >= 11 is 0. The summed E-state index contributed by atoms with van der Waals surface area (Å²) in [7, 11) is 1.86. The molecular weight excluding hydrogens is 278 g/mol. The molecule has 2 rings (SSSR count). The predicted molar refractivity (Wildman–Crippen MR) is 86.5 cm³/mol. The summed E-state index contributed by atoms with van der Waals surface area (Å²) in [6, 6.07) is 0. The number of hydrogen-bond donors (Lipinski definition) is 2. The molecule has 0 bridgehead atoms. The van der Waals surface area contributed by atoms with Crippen molar-refractivity contribution in [1.82, 2.24) is 15.1 Å². The SMILES string of the molecule is Cc1n[nH]c(C)c1CC(C)C(=O)N(C)CC1CCCCC1O. The van der Waals surface area contributed by atoms with Crippen LogP contribution in [0.2, 0.25) is 0 Å². The molecule has 0 aromatic carbocycles. The van der Waals surface area contributed by atoms with E-state index in [-0.39, 0.29) is 23.8 Å². The number of nitrogens with one attached hydrogen (secondary N) is 1. The van der Waals surface area contributed by atoms with E-state index >= 15 is 0 Å². The van der Waals surface area contributed by atoms with Gasteiger partial charge in [0.15, 0.2) is 0 Å². The highest BCUT2D eigenvalue weighted by Gasteiger charge is 2.27. The van der Waals surface area contributed by atoms with Crippen molar-refractivity contribution < 1.29 is 9.90 Å². The van der Waals surface area contributed by atoms with E-state index in [1.165, 1.54) is 0 Å². The van der Waals surface area contributed by atoms with Crippen LogP contribution in [-0.2, 0) is 11.2 Å². The number of carbonyl (C=O) groups excluding carboxylic acids is 1. The molecule has 0 aliphatic heterocycles. The molecule has 1 heterocycles. The molecule has 1 aromatic rings. The molecule has 1 fully saturated rings.